The fraction of sp³-hybridized carbons (Fsp3) is 0.278. The van der Waals surface area contributed by atoms with Crippen molar-refractivity contribution in [1.29, 1.82) is 0 Å². The number of allylic oxidation sites excluding steroid dienone is 2. The molecule has 6 nitrogen and oxygen atoms in total. The minimum atomic E-state index is -0.325. The molecule has 0 radical (unpaired) electrons. The Hall–Kier alpha value is -2.89. The van der Waals surface area contributed by atoms with Crippen molar-refractivity contribution in [3.05, 3.63) is 59.2 Å². The van der Waals surface area contributed by atoms with Crippen molar-refractivity contribution >= 4 is 18.1 Å². The highest BCUT2D eigenvalue weighted by Crippen LogP contribution is 2.16. The van der Waals surface area contributed by atoms with Crippen LogP contribution in [0.15, 0.2) is 42.2 Å². The third-order valence-electron chi connectivity index (χ3n) is 3.57. The quantitative estimate of drug-likeness (QED) is 0.481. The van der Waals surface area contributed by atoms with E-state index in [2.05, 4.69) is 10.3 Å². The minimum absolute atomic E-state index is 0.325. The van der Waals surface area contributed by atoms with Gasteiger partial charge >= 0.3 is 5.97 Å². The Morgan fingerprint density at radius 1 is 1.33 bits per heavy atom. The fourth-order valence-corrected chi connectivity index (χ4v) is 2.23. The summed E-state index contributed by atoms with van der Waals surface area (Å²) in [5.41, 5.74) is 2.02. The van der Waals surface area contributed by atoms with E-state index in [4.69, 9.17) is 4.74 Å². The molecule has 0 saturated heterocycles. The maximum Gasteiger partial charge on any atom is 0.338 e. The van der Waals surface area contributed by atoms with E-state index < -0.39 is 0 Å². The molecule has 2 rings (SSSR count). The van der Waals surface area contributed by atoms with Gasteiger partial charge in [0.05, 0.1) is 30.6 Å². The number of hydrogen-bond donors (Lipinski definition) is 1. The van der Waals surface area contributed by atoms with Crippen LogP contribution in [0.4, 0.5) is 5.82 Å². The van der Waals surface area contributed by atoms with Crippen LogP contribution in [0.3, 0.4) is 0 Å². The van der Waals surface area contributed by atoms with E-state index in [9.17, 15) is 9.59 Å². The van der Waals surface area contributed by atoms with Crippen molar-refractivity contribution in [2.45, 2.75) is 27.3 Å². The van der Waals surface area contributed by atoms with E-state index in [1.165, 1.54) is 0 Å². The molecule has 1 aromatic heterocycles. The zero-order valence-electron chi connectivity index (χ0n) is 14.1. The predicted octanol–water partition coefficient (Wildman–Crippen LogP) is 2.93. The van der Waals surface area contributed by atoms with E-state index in [0.717, 1.165) is 23.5 Å². The van der Waals surface area contributed by atoms with Gasteiger partial charge in [-0.05, 0) is 38.5 Å². The average Bonchev–Trinajstić information content (AvgIpc) is 2.93. The molecule has 6 heteroatoms. The van der Waals surface area contributed by atoms with Crippen molar-refractivity contribution in [2.24, 2.45) is 0 Å². The smallest absolute Gasteiger partial charge is 0.338 e. The molecule has 0 aliphatic rings. The third kappa shape index (κ3) is 4.10. The van der Waals surface area contributed by atoms with Crippen LogP contribution in [0, 0.1) is 6.92 Å². The fourth-order valence-electron chi connectivity index (χ4n) is 2.23. The molecule has 0 amide bonds. The van der Waals surface area contributed by atoms with E-state index in [1.54, 1.807) is 38.3 Å². The molecule has 24 heavy (non-hydrogen) atoms. The molecular formula is C18H21N3O3. The first-order valence-electron chi connectivity index (χ1n) is 7.75. The molecule has 0 atom stereocenters. The maximum absolute atomic E-state index is 11.7. The lowest BCUT2D eigenvalue weighted by molar-refractivity contribution is -0.104. The Morgan fingerprint density at radius 3 is 2.62 bits per heavy atom. The Morgan fingerprint density at radius 2 is 2.04 bits per heavy atom. The first-order chi connectivity index (χ1) is 11.6. The molecule has 0 fully saturated rings. The van der Waals surface area contributed by atoms with E-state index in [1.807, 2.05) is 23.6 Å². The van der Waals surface area contributed by atoms with Crippen LogP contribution in [-0.2, 0) is 16.1 Å². The molecule has 1 aromatic carbocycles. The highest BCUT2D eigenvalue weighted by Gasteiger charge is 2.10. The van der Waals surface area contributed by atoms with Crippen LogP contribution >= 0.6 is 0 Å². The van der Waals surface area contributed by atoms with Gasteiger partial charge in [-0.1, -0.05) is 18.2 Å². The summed E-state index contributed by atoms with van der Waals surface area (Å²) in [5, 5.41) is 3.05. The number of aryl methyl sites for hydroxylation is 1. The summed E-state index contributed by atoms with van der Waals surface area (Å²) in [4.78, 5) is 26.9. The van der Waals surface area contributed by atoms with Crippen LogP contribution in [0.5, 0.6) is 0 Å². The van der Waals surface area contributed by atoms with Gasteiger partial charge in [-0.2, -0.15) is 0 Å². The lowest BCUT2D eigenvalue weighted by Crippen LogP contribution is -2.10. The van der Waals surface area contributed by atoms with Crippen molar-refractivity contribution in [1.82, 2.24) is 9.55 Å². The number of rotatable bonds is 7. The number of carbonyl (C=O) groups is 2. The molecule has 1 heterocycles. The monoisotopic (exact) mass is 327 g/mol. The SMILES string of the molecule is C/C=C(/C=O)Nc1cnc(C)n1Cc1ccc(C(=O)OCC)cc1. The van der Waals surface area contributed by atoms with Gasteiger partial charge in [0, 0.05) is 0 Å². The molecule has 0 aliphatic carbocycles. The summed E-state index contributed by atoms with van der Waals surface area (Å²) in [7, 11) is 0. The zero-order valence-corrected chi connectivity index (χ0v) is 14.1. The zero-order chi connectivity index (χ0) is 17.5. The molecule has 126 valence electrons. The largest absolute Gasteiger partial charge is 0.462 e. The van der Waals surface area contributed by atoms with Crippen LogP contribution in [0.25, 0.3) is 0 Å². The van der Waals surface area contributed by atoms with Crippen molar-refractivity contribution in [3.8, 4) is 0 Å². The number of anilines is 1. The molecule has 0 spiro atoms. The number of benzene rings is 1. The van der Waals surface area contributed by atoms with Crippen molar-refractivity contribution < 1.29 is 14.3 Å². The number of ether oxygens (including phenoxy) is 1. The first-order valence-corrected chi connectivity index (χ1v) is 7.75. The second kappa shape index (κ2) is 8.10. The number of aldehydes is 1. The highest BCUT2D eigenvalue weighted by molar-refractivity contribution is 5.89. The van der Waals surface area contributed by atoms with Crippen LogP contribution in [0.1, 0.15) is 35.6 Å². The number of imidazole rings is 1. The minimum Gasteiger partial charge on any atom is -0.462 e. The molecule has 0 saturated carbocycles. The average molecular weight is 327 g/mol. The van der Waals surface area contributed by atoms with Crippen molar-refractivity contribution in [2.75, 3.05) is 11.9 Å². The standard InChI is InChI=1S/C18H21N3O3/c1-4-16(12-22)20-17-10-19-13(3)21(17)11-14-6-8-15(9-7-14)18(23)24-5-2/h4,6-10,12,20H,5,11H2,1-3H3/b16-4-. The highest BCUT2D eigenvalue weighted by atomic mass is 16.5. The van der Waals surface area contributed by atoms with Gasteiger partial charge in [0.25, 0.3) is 0 Å². The molecular weight excluding hydrogens is 306 g/mol. The normalized spacial score (nSPS) is 11.2. The van der Waals surface area contributed by atoms with E-state index in [-0.39, 0.29) is 5.97 Å². The Balaban J connectivity index is 2.18. The topological polar surface area (TPSA) is 73.2 Å². The molecule has 0 unspecified atom stereocenters. The van der Waals surface area contributed by atoms with Gasteiger partial charge < -0.3 is 14.6 Å². The summed E-state index contributed by atoms with van der Waals surface area (Å²) in [6.45, 7) is 6.40. The van der Waals surface area contributed by atoms with Crippen LogP contribution in [-0.4, -0.2) is 28.4 Å². The molecule has 0 aliphatic heterocycles. The number of aromatic nitrogens is 2. The Labute approximate surface area is 141 Å². The molecule has 1 N–H and O–H groups in total. The number of carbonyl (C=O) groups excluding carboxylic acids is 2. The van der Waals surface area contributed by atoms with Crippen LogP contribution in [0.2, 0.25) is 0 Å². The summed E-state index contributed by atoms with van der Waals surface area (Å²) >= 11 is 0. The van der Waals surface area contributed by atoms with Gasteiger partial charge in [-0.3, -0.25) is 4.79 Å². The van der Waals surface area contributed by atoms with Gasteiger partial charge in [0.15, 0.2) is 6.29 Å². The third-order valence-corrected chi connectivity index (χ3v) is 3.57. The number of esters is 1. The van der Waals surface area contributed by atoms with E-state index >= 15 is 0 Å². The summed E-state index contributed by atoms with van der Waals surface area (Å²) in [5.74, 6) is 1.24. The van der Waals surface area contributed by atoms with Gasteiger partial charge in [-0.25, -0.2) is 9.78 Å². The number of nitrogens with zero attached hydrogens (tertiary/aromatic N) is 2. The summed E-state index contributed by atoms with van der Waals surface area (Å²) in [6, 6.07) is 7.25. The summed E-state index contributed by atoms with van der Waals surface area (Å²) in [6.07, 6.45) is 4.16. The summed E-state index contributed by atoms with van der Waals surface area (Å²) < 4.78 is 6.94. The lowest BCUT2D eigenvalue weighted by atomic mass is 10.1. The van der Waals surface area contributed by atoms with Gasteiger partial charge in [0.1, 0.15) is 11.6 Å². The Kier molecular flexibility index (Phi) is 5.89. The van der Waals surface area contributed by atoms with Crippen molar-refractivity contribution in [3.63, 3.8) is 0 Å². The first kappa shape index (κ1) is 17.5. The molecule has 2 aromatic rings. The molecule has 0 bridgehead atoms. The second-order valence-electron chi connectivity index (χ2n) is 5.18. The second-order valence-corrected chi connectivity index (χ2v) is 5.18. The Bertz CT molecular complexity index is 745. The predicted molar refractivity (Wildman–Crippen MR) is 91.9 cm³/mol. The maximum atomic E-state index is 11.7. The van der Waals surface area contributed by atoms with E-state index in [0.29, 0.717) is 24.4 Å². The number of nitrogens with one attached hydrogen (secondary N) is 1. The van der Waals surface area contributed by atoms with Gasteiger partial charge in [-0.15, -0.1) is 0 Å². The number of hydrogen-bond acceptors (Lipinski definition) is 5. The van der Waals surface area contributed by atoms with Crippen LogP contribution < -0.4 is 5.32 Å². The lowest BCUT2D eigenvalue weighted by Gasteiger charge is -2.12. The van der Waals surface area contributed by atoms with Gasteiger partial charge in [0.2, 0.25) is 0 Å².